The molecule has 210 valence electrons. The fourth-order valence-corrected chi connectivity index (χ4v) is 6.17. The summed E-state index contributed by atoms with van der Waals surface area (Å²) >= 11 is 0. The molecule has 5 aromatic rings. The number of nitro groups is 1. The van der Waals surface area contributed by atoms with Gasteiger partial charge in [-0.05, 0) is 48.7 Å². The number of nitrogens with one attached hydrogen (secondary N) is 1. The summed E-state index contributed by atoms with van der Waals surface area (Å²) in [5, 5.41) is 11.4. The summed E-state index contributed by atoms with van der Waals surface area (Å²) in [5.74, 6) is 0.819. The maximum Gasteiger partial charge on any atom is 0.326 e. The van der Waals surface area contributed by atoms with Crippen molar-refractivity contribution in [1.82, 2.24) is 14.5 Å². The van der Waals surface area contributed by atoms with Crippen molar-refractivity contribution >= 4 is 33.9 Å². The molecular formula is C33H30N6O3. The quantitative estimate of drug-likeness (QED) is 0.198. The summed E-state index contributed by atoms with van der Waals surface area (Å²) < 4.78 is 1.93. The van der Waals surface area contributed by atoms with E-state index in [1.54, 1.807) is 12.1 Å². The summed E-state index contributed by atoms with van der Waals surface area (Å²) in [7, 11) is 0. The number of piperidine rings is 1. The molecule has 0 saturated carbocycles. The van der Waals surface area contributed by atoms with Crippen molar-refractivity contribution < 1.29 is 4.92 Å². The van der Waals surface area contributed by atoms with Crippen LogP contribution >= 0.6 is 0 Å². The van der Waals surface area contributed by atoms with Crippen LogP contribution in [0.2, 0.25) is 0 Å². The highest BCUT2D eigenvalue weighted by Gasteiger charge is 2.26. The van der Waals surface area contributed by atoms with Crippen LogP contribution in [0.3, 0.4) is 0 Å². The second kappa shape index (κ2) is 10.8. The van der Waals surface area contributed by atoms with E-state index in [0.717, 1.165) is 71.8 Å². The number of benzene rings is 4. The van der Waals surface area contributed by atoms with Crippen LogP contribution in [0, 0.1) is 10.1 Å². The Kier molecular flexibility index (Phi) is 6.64. The van der Waals surface area contributed by atoms with Crippen LogP contribution in [-0.4, -0.2) is 38.3 Å². The number of H-pyrrole nitrogens is 1. The molecule has 7 rings (SSSR count). The number of rotatable bonds is 6. The van der Waals surface area contributed by atoms with Crippen molar-refractivity contribution in [3.63, 3.8) is 0 Å². The molecule has 1 fully saturated rings. The third-order valence-corrected chi connectivity index (χ3v) is 8.32. The summed E-state index contributed by atoms with van der Waals surface area (Å²) in [6.45, 7) is 3.19. The van der Waals surface area contributed by atoms with Crippen LogP contribution in [0.1, 0.15) is 35.6 Å². The molecule has 3 heterocycles. The van der Waals surface area contributed by atoms with Gasteiger partial charge in [0.2, 0.25) is 0 Å². The smallest absolute Gasteiger partial charge is 0.321 e. The van der Waals surface area contributed by atoms with Gasteiger partial charge in [0.25, 0.3) is 5.69 Å². The van der Waals surface area contributed by atoms with Crippen molar-refractivity contribution in [3.05, 3.63) is 134 Å². The lowest BCUT2D eigenvalue weighted by atomic mass is 10.0. The van der Waals surface area contributed by atoms with Gasteiger partial charge in [0.05, 0.1) is 28.2 Å². The molecule has 1 aromatic heterocycles. The summed E-state index contributed by atoms with van der Waals surface area (Å²) in [6, 6.07) is 31.5. The lowest BCUT2D eigenvalue weighted by molar-refractivity contribution is -0.384. The van der Waals surface area contributed by atoms with Crippen molar-refractivity contribution in [3.8, 4) is 0 Å². The average Bonchev–Trinajstić information content (AvgIpc) is 3.37. The fraction of sp³-hybridized carbons (Fsp3) is 0.212. The first-order chi connectivity index (χ1) is 20.5. The fourth-order valence-electron chi connectivity index (χ4n) is 6.17. The van der Waals surface area contributed by atoms with E-state index in [1.807, 2.05) is 59.2 Å². The predicted octanol–water partition coefficient (Wildman–Crippen LogP) is 6.17. The maximum atomic E-state index is 12.7. The van der Waals surface area contributed by atoms with Gasteiger partial charge in [-0.3, -0.25) is 19.6 Å². The molecule has 9 nitrogen and oxygen atoms in total. The van der Waals surface area contributed by atoms with E-state index in [0.29, 0.717) is 6.54 Å². The number of hydrogen-bond acceptors (Lipinski definition) is 6. The largest absolute Gasteiger partial charge is 0.326 e. The van der Waals surface area contributed by atoms with Gasteiger partial charge in [-0.2, -0.15) is 0 Å². The van der Waals surface area contributed by atoms with Gasteiger partial charge < -0.3 is 9.88 Å². The number of non-ortho nitro benzene ring substituents is 1. The lowest BCUT2D eigenvalue weighted by Crippen LogP contribution is -2.36. The number of aliphatic imine (C=N–C) groups is 1. The van der Waals surface area contributed by atoms with Gasteiger partial charge in [0.15, 0.2) is 0 Å². The number of amidine groups is 1. The number of fused-ring (bicyclic) bond motifs is 2. The predicted molar refractivity (Wildman–Crippen MR) is 164 cm³/mol. The highest BCUT2D eigenvalue weighted by molar-refractivity contribution is 6.12. The number of nitro benzene ring substituents is 1. The molecule has 0 spiro atoms. The second-order valence-corrected chi connectivity index (χ2v) is 10.9. The topological polar surface area (TPSA) is 99.8 Å². The molecule has 42 heavy (non-hydrogen) atoms. The number of nitrogens with zero attached hydrogens (tertiary/aromatic N) is 5. The molecule has 1 N–H and O–H groups in total. The molecule has 0 bridgehead atoms. The van der Waals surface area contributed by atoms with Gasteiger partial charge in [-0.1, -0.05) is 54.6 Å². The minimum absolute atomic E-state index is 0.0266. The molecule has 4 aromatic carbocycles. The SMILES string of the molecule is O=c1[nH]c2ccccc2n1C1CCN(Cc2ccc(C3=Nc4ccc([N+](=O)[O-])cc4CN3c3ccccc3)cc2)CC1. The minimum Gasteiger partial charge on any atom is -0.321 e. The number of likely N-dealkylation sites (tertiary alicyclic amines) is 1. The van der Waals surface area contributed by atoms with Crippen LogP contribution in [0.4, 0.5) is 17.1 Å². The molecule has 0 amide bonds. The van der Waals surface area contributed by atoms with Crippen molar-refractivity contribution in [2.45, 2.75) is 32.0 Å². The van der Waals surface area contributed by atoms with E-state index in [-0.39, 0.29) is 22.3 Å². The maximum absolute atomic E-state index is 12.7. The Balaban J connectivity index is 1.08. The molecule has 2 aliphatic rings. The minimum atomic E-state index is -0.365. The van der Waals surface area contributed by atoms with Crippen molar-refractivity contribution in [2.75, 3.05) is 18.0 Å². The van der Waals surface area contributed by atoms with E-state index in [2.05, 4.69) is 39.0 Å². The highest BCUT2D eigenvalue weighted by Crippen LogP contribution is 2.34. The number of hydrogen-bond donors (Lipinski definition) is 1. The second-order valence-electron chi connectivity index (χ2n) is 10.9. The van der Waals surface area contributed by atoms with E-state index in [4.69, 9.17) is 4.99 Å². The lowest BCUT2D eigenvalue weighted by Gasteiger charge is -2.33. The zero-order chi connectivity index (χ0) is 28.6. The first kappa shape index (κ1) is 25.9. The Morgan fingerprint density at radius 1 is 0.905 bits per heavy atom. The van der Waals surface area contributed by atoms with E-state index in [1.165, 1.54) is 11.6 Å². The van der Waals surface area contributed by atoms with Crippen LogP contribution in [0.15, 0.2) is 107 Å². The van der Waals surface area contributed by atoms with Crippen LogP contribution < -0.4 is 10.6 Å². The molecule has 0 atom stereocenters. The number of imidazole rings is 1. The van der Waals surface area contributed by atoms with Crippen molar-refractivity contribution in [1.29, 1.82) is 0 Å². The normalized spacial score (nSPS) is 15.9. The molecule has 1 saturated heterocycles. The molecule has 9 heteroatoms. The van der Waals surface area contributed by atoms with Crippen molar-refractivity contribution in [2.24, 2.45) is 4.99 Å². The number of aromatic amines is 1. The van der Waals surface area contributed by atoms with Gasteiger partial charge in [0, 0.05) is 54.6 Å². The van der Waals surface area contributed by atoms with E-state index < -0.39 is 0 Å². The van der Waals surface area contributed by atoms with E-state index >= 15 is 0 Å². The van der Waals surface area contributed by atoms with Crippen LogP contribution in [0.25, 0.3) is 11.0 Å². The summed E-state index contributed by atoms with van der Waals surface area (Å²) in [4.78, 5) is 36.2. The third-order valence-electron chi connectivity index (χ3n) is 8.32. The summed E-state index contributed by atoms with van der Waals surface area (Å²) in [6.07, 6.45) is 1.86. The highest BCUT2D eigenvalue weighted by atomic mass is 16.6. The Morgan fingerprint density at radius 2 is 1.64 bits per heavy atom. The van der Waals surface area contributed by atoms with E-state index in [9.17, 15) is 14.9 Å². The zero-order valence-electron chi connectivity index (χ0n) is 23.0. The molecule has 2 aliphatic heterocycles. The van der Waals surface area contributed by atoms with Gasteiger partial charge in [-0.25, -0.2) is 9.79 Å². The molecule has 0 aliphatic carbocycles. The standard InChI is InChI=1S/C33H30N6O3/c40-33-35-30-8-4-5-9-31(30)38(33)27-16-18-36(19-17-27)21-23-10-12-24(13-11-23)32-34-29-15-14-28(39(41)42)20-25(29)22-37(32)26-6-2-1-3-7-26/h1-15,20,27H,16-19,21-22H2,(H,35,40). The Labute approximate surface area is 242 Å². The Hall–Kier alpha value is -5.02. The Morgan fingerprint density at radius 3 is 2.40 bits per heavy atom. The van der Waals surface area contributed by atoms with Crippen LogP contribution in [-0.2, 0) is 13.1 Å². The first-order valence-electron chi connectivity index (χ1n) is 14.2. The zero-order valence-corrected chi connectivity index (χ0v) is 23.0. The first-order valence-corrected chi connectivity index (χ1v) is 14.2. The Bertz CT molecular complexity index is 1850. The number of aromatic nitrogens is 2. The monoisotopic (exact) mass is 558 g/mol. The average molecular weight is 559 g/mol. The number of anilines is 1. The molecular weight excluding hydrogens is 528 g/mol. The van der Waals surface area contributed by atoms with Crippen LogP contribution in [0.5, 0.6) is 0 Å². The molecule has 0 radical (unpaired) electrons. The summed E-state index contributed by atoms with van der Waals surface area (Å²) in [5.41, 5.74) is 6.69. The van der Waals surface area contributed by atoms with Gasteiger partial charge in [-0.15, -0.1) is 0 Å². The third kappa shape index (κ3) is 4.88. The van der Waals surface area contributed by atoms with Gasteiger partial charge in [0.1, 0.15) is 5.84 Å². The number of para-hydroxylation sites is 3. The molecule has 0 unspecified atom stereocenters. The van der Waals surface area contributed by atoms with Gasteiger partial charge >= 0.3 is 5.69 Å².